The number of amides is 3. The van der Waals surface area contributed by atoms with Gasteiger partial charge in [0.1, 0.15) is 6.04 Å². The maximum Gasteiger partial charge on any atom is 0.251 e. The van der Waals surface area contributed by atoms with Crippen LogP contribution in [0.15, 0.2) is 48.5 Å². The van der Waals surface area contributed by atoms with Crippen LogP contribution in [-0.4, -0.2) is 30.8 Å². The summed E-state index contributed by atoms with van der Waals surface area (Å²) in [5.74, 6) is -0.738. The number of hydrogen-bond acceptors (Lipinski definition) is 3. The molecule has 3 amide bonds. The standard InChI is InChI=1S/C22H27N3O3/c1-14(2)19(25-21(27)18-7-5-6-15(3)12-18)22(28)24-13-16-8-10-17(11-9-16)20(26)23-4/h5-12,14,19H,13H2,1-4H3,(H,23,26)(H,24,28)(H,25,27). The predicted molar refractivity (Wildman–Crippen MR) is 109 cm³/mol. The first kappa shape index (κ1) is 21.2. The van der Waals surface area contributed by atoms with Crippen LogP contribution in [0.5, 0.6) is 0 Å². The van der Waals surface area contributed by atoms with Crippen LogP contribution in [0.1, 0.15) is 45.7 Å². The van der Waals surface area contributed by atoms with Crippen LogP contribution < -0.4 is 16.0 Å². The average molecular weight is 381 g/mol. The van der Waals surface area contributed by atoms with E-state index < -0.39 is 6.04 Å². The fourth-order valence-corrected chi connectivity index (χ4v) is 2.76. The maximum absolute atomic E-state index is 12.6. The van der Waals surface area contributed by atoms with Gasteiger partial charge in [-0.2, -0.15) is 0 Å². The van der Waals surface area contributed by atoms with E-state index in [0.29, 0.717) is 17.7 Å². The number of nitrogens with one attached hydrogen (secondary N) is 3. The van der Waals surface area contributed by atoms with Crippen molar-refractivity contribution in [2.24, 2.45) is 5.92 Å². The number of benzene rings is 2. The fraction of sp³-hybridized carbons (Fsp3) is 0.318. The highest BCUT2D eigenvalue weighted by Crippen LogP contribution is 2.09. The summed E-state index contributed by atoms with van der Waals surface area (Å²) in [5.41, 5.74) is 2.94. The van der Waals surface area contributed by atoms with Crippen molar-refractivity contribution < 1.29 is 14.4 Å². The van der Waals surface area contributed by atoms with E-state index >= 15 is 0 Å². The van der Waals surface area contributed by atoms with Crippen molar-refractivity contribution in [3.05, 3.63) is 70.8 Å². The first-order chi connectivity index (χ1) is 13.3. The Morgan fingerprint density at radius 1 is 0.929 bits per heavy atom. The Bertz CT molecular complexity index is 844. The Morgan fingerprint density at radius 2 is 1.61 bits per heavy atom. The molecule has 0 spiro atoms. The van der Waals surface area contributed by atoms with Gasteiger partial charge < -0.3 is 16.0 Å². The van der Waals surface area contributed by atoms with Crippen molar-refractivity contribution in [1.82, 2.24) is 16.0 Å². The van der Waals surface area contributed by atoms with Gasteiger partial charge in [-0.05, 0) is 42.7 Å². The summed E-state index contributed by atoms with van der Waals surface area (Å²) < 4.78 is 0. The summed E-state index contributed by atoms with van der Waals surface area (Å²) in [5, 5.41) is 8.25. The molecule has 0 heterocycles. The van der Waals surface area contributed by atoms with E-state index in [4.69, 9.17) is 0 Å². The molecule has 148 valence electrons. The lowest BCUT2D eigenvalue weighted by atomic mass is 10.0. The number of aryl methyl sites for hydroxylation is 1. The lowest BCUT2D eigenvalue weighted by molar-refractivity contribution is -0.124. The van der Waals surface area contributed by atoms with Gasteiger partial charge in [0.05, 0.1) is 0 Å². The van der Waals surface area contributed by atoms with Gasteiger partial charge in [-0.3, -0.25) is 14.4 Å². The zero-order valence-corrected chi connectivity index (χ0v) is 16.7. The van der Waals surface area contributed by atoms with E-state index in [9.17, 15) is 14.4 Å². The minimum absolute atomic E-state index is 0.0654. The third kappa shape index (κ3) is 5.67. The minimum atomic E-state index is -0.641. The molecule has 1 unspecified atom stereocenters. The van der Waals surface area contributed by atoms with E-state index in [1.807, 2.05) is 32.9 Å². The van der Waals surface area contributed by atoms with Crippen molar-refractivity contribution in [3.8, 4) is 0 Å². The fourth-order valence-electron chi connectivity index (χ4n) is 2.76. The van der Waals surface area contributed by atoms with Gasteiger partial charge >= 0.3 is 0 Å². The second kappa shape index (κ2) is 9.69. The number of rotatable bonds is 7. The average Bonchev–Trinajstić information content (AvgIpc) is 2.69. The van der Waals surface area contributed by atoms with Crippen LogP contribution in [0.25, 0.3) is 0 Å². The van der Waals surface area contributed by atoms with Crippen molar-refractivity contribution in [3.63, 3.8) is 0 Å². The Morgan fingerprint density at radius 3 is 2.18 bits per heavy atom. The van der Waals surface area contributed by atoms with Gasteiger partial charge in [0, 0.05) is 24.7 Å². The van der Waals surface area contributed by atoms with Crippen LogP contribution in [-0.2, 0) is 11.3 Å². The SMILES string of the molecule is CNC(=O)c1ccc(CNC(=O)C(NC(=O)c2cccc(C)c2)C(C)C)cc1. The van der Waals surface area contributed by atoms with Gasteiger partial charge in [-0.15, -0.1) is 0 Å². The van der Waals surface area contributed by atoms with Gasteiger partial charge in [0.15, 0.2) is 0 Å². The van der Waals surface area contributed by atoms with Crippen LogP contribution in [0, 0.1) is 12.8 Å². The van der Waals surface area contributed by atoms with Crippen LogP contribution >= 0.6 is 0 Å². The molecule has 28 heavy (non-hydrogen) atoms. The molecule has 0 saturated carbocycles. The summed E-state index contributed by atoms with van der Waals surface area (Å²) in [6.45, 7) is 6.01. The van der Waals surface area contributed by atoms with Crippen molar-refractivity contribution in [2.45, 2.75) is 33.4 Å². The van der Waals surface area contributed by atoms with Gasteiger partial charge in [0.25, 0.3) is 11.8 Å². The van der Waals surface area contributed by atoms with Gasteiger partial charge in [-0.25, -0.2) is 0 Å². The van der Waals surface area contributed by atoms with E-state index in [2.05, 4.69) is 16.0 Å². The second-order valence-electron chi connectivity index (χ2n) is 7.06. The smallest absolute Gasteiger partial charge is 0.251 e. The molecular formula is C22H27N3O3. The largest absolute Gasteiger partial charge is 0.355 e. The molecule has 6 nitrogen and oxygen atoms in total. The van der Waals surface area contributed by atoms with Crippen molar-refractivity contribution in [2.75, 3.05) is 7.05 Å². The molecule has 0 saturated heterocycles. The van der Waals surface area contributed by atoms with E-state index in [1.54, 1.807) is 43.4 Å². The van der Waals surface area contributed by atoms with Gasteiger partial charge in [-0.1, -0.05) is 43.7 Å². The monoisotopic (exact) mass is 381 g/mol. The maximum atomic E-state index is 12.6. The zero-order valence-electron chi connectivity index (χ0n) is 16.7. The van der Waals surface area contributed by atoms with Crippen LogP contribution in [0.2, 0.25) is 0 Å². The lowest BCUT2D eigenvalue weighted by Gasteiger charge is -2.22. The summed E-state index contributed by atoms with van der Waals surface area (Å²) in [4.78, 5) is 36.7. The molecule has 3 N–H and O–H groups in total. The van der Waals surface area contributed by atoms with Crippen molar-refractivity contribution >= 4 is 17.7 Å². The third-order valence-electron chi connectivity index (χ3n) is 4.43. The number of carbonyl (C=O) groups is 3. The number of hydrogen-bond donors (Lipinski definition) is 3. The van der Waals surface area contributed by atoms with E-state index in [-0.39, 0.29) is 23.6 Å². The third-order valence-corrected chi connectivity index (χ3v) is 4.43. The second-order valence-corrected chi connectivity index (χ2v) is 7.06. The molecule has 0 aliphatic rings. The molecule has 2 rings (SSSR count). The van der Waals surface area contributed by atoms with Crippen molar-refractivity contribution in [1.29, 1.82) is 0 Å². The number of carbonyl (C=O) groups excluding carboxylic acids is 3. The minimum Gasteiger partial charge on any atom is -0.355 e. The molecule has 0 fully saturated rings. The highest BCUT2D eigenvalue weighted by Gasteiger charge is 2.24. The van der Waals surface area contributed by atoms with Crippen LogP contribution in [0.4, 0.5) is 0 Å². The topological polar surface area (TPSA) is 87.3 Å². The lowest BCUT2D eigenvalue weighted by Crippen LogP contribution is -2.49. The van der Waals surface area contributed by atoms with E-state index in [1.165, 1.54) is 0 Å². The summed E-state index contributed by atoms with van der Waals surface area (Å²) >= 11 is 0. The summed E-state index contributed by atoms with van der Waals surface area (Å²) in [7, 11) is 1.58. The summed E-state index contributed by atoms with van der Waals surface area (Å²) in [6.07, 6.45) is 0. The predicted octanol–water partition coefficient (Wildman–Crippen LogP) is 2.43. The molecule has 0 bridgehead atoms. The Balaban J connectivity index is 1.99. The first-order valence-corrected chi connectivity index (χ1v) is 9.28. The normalized spacial score (nSPS) is 11.6. The first-order valence-electron chi connectivity index (χ1n) is 9.28. The molecule has 2 aromatic rings. The molecule has 0 aliphatic carbocycles. The van der Waals surface area contributed by atoms with Gasteiger partial charge in [0.2, 0.25) is 5.91 Å². The van der Waals surface area contributed by atoms with Crippen LogP contribution in [0.3, 0.4) is 0 Å². The highest BCUT2D eigenvalue weighted by atomic mass is 16.2. The highest BCUT2D eigenvalue weighted by molar-refractivity contribution is 5.97. The molecule has 2 aromatic carbocycles. The molecule has 0 radical (unpaired) electrons. The molecular weight excluding hydrogens is 354 g/mol. The zero-order chi connectivity index (χ0) is 20.7. The Labute approximate surface area is 165 Å². The molecule has 1 atom stereocenters. The van der Waals surface area contributed by atoms with E-state index in [0.717, 1.165) is 11.1 Å². The molecule has 6 heteroatoms. The Kier molecular flexibility index (Phi) is 7.32. The quantitative estimate of drug-likeness (QED) is 0.688. The molecule has 0 aliphatic heterocycles. The summed E-state index contributed by atoms with van der Waals surface area (Å²) in [6, 6.07) is 13.6. The Hall–Kier alpha value is -3.15. The molecule has 0 aromatic heterocycles.